The summed E-state index contributed by atoms with van der Waals surface area (Å²) in [5, 5.41) is 34.0. The third kappa shape index (κ3) is 7.37. The number of benzene rings is 1. The van der Waals surface area contributed by atoms with Crippen molar-refractivity contribution >= 4 is 35.1 Å². The Hall–Kier alpha value is -1.42. The molecule has 0 amide bonds. The maximum absolute atomic E-state index is 9.77. The zero-order valence-electron chi connectivity index (χ0n) is 16.6. The zero-order valence-corrected chi connectivity index (χ0v) is 18.1. The van der Waals surface area contributed by atoms with Crippen LogP contribution in [0.1, 0.15) is 24.8 Å². The van der Waals surface area contributed by atoms with E-state index in [1.165, 1.54) is 48.9 Å². The van der Waals surface area contributed by atoms with Crippen LogP contribution < -0.4 is 5.73 Å². The minimum Gasteiger partial charge on any atom is -0.479 e. The first kappa shape index (κ1) is 24.8. The Labute approximate surface area is 185 Å². The highest BCUT2D eigenvalue weighted by molar-refractivity contribution is 6.34. The molecule has 1 heterocycles. The Morgan fingerprint density at radius 3 is 1.93 bits per heavy atom. The number of aliphatic hydroxyl groups is 2. The smallest absolute Gasteiger partial charge is 0.335 e. The number of quaternary nitrogens is 1. The van der Waals surface area contributed by atoms with E-state index in [0.29, 0.717) is 5.92 Å². The number of halogens is 2. The van der Waals surface area contributed by atoms with Gasteiger partial charge < -0.3 is 30.6 Å². The van der Waals surface area contributed by atoms with Gasteiger partial charge in [0, 0.05) is 40.4 Å². The number of nitrogens with two attached hydrogens (primary N) is 1. The summed E-state index contributed by atoms with van der Waals surface area (Å²) in [7, 11) is 0. The molecule has 30 heavy (non-hydrogen) atoms. The molecule has 1 aliphatic heterocycles. The number of aliphatic hydroxyl groups excluding tert-OH is 2. The molecule has 1 aliphatic carbocycles. The Kier molecular flexibility index (Phi) is 8.90. The van der Waals surface area contributed by atoms with Crippen molar-refractivity contribution in [3.8, 4) is 0 Å². The van der Waals surface area contributed by atoms with E-state index < -0.39 is 24.1 Å². The maximum atomic E-state index is 9.77. The van der Waals surface area contributed by atoms with Crippen LogP contribution in [0.15, 0.2) is 18.2 Å². The van der Waals surface area contributed by atoms with E-state index >= 15 is 0 Å². The molecule has 2 aliphatic rings. The summed E-state index contributed by atoms with van der Waals surface area (Å²) in [6, 6.07) is 5.94. The number of rotatable bonds is 8. The number of nitrogens with zero attached hydrogens (tertiary/aromatic N) is 1. The van der Waals surface area contributed by atoms with Gasteiger partial charge in [0.15, 0.2) is 12.2 Å². The number of hydrogen-bond donors (Lipinski definition) is 5. The van der Waals surface area contributed by atoms with Gasteiger partial charge in [-0.15, -0.1) is 0 Å². The Morgan fingerprint density at radius 2 is 1.53 bits per heavy atom. The lowest BCUT2D eigenvalue weighted by Gasteiger charge is -2.35. The number of carboxylic acids is 2. The van der Waals surface area contributed by atoms with E-state index in [4.69, 9.17) is 49.4 Å². The molecule has 3 unspecified atom stereocenters. The number of carbonyl (C=O) groups is 2. The quantitative estimate of drug-likeness (QED) is 0.368. The molecule has 10 heteroatoms. The molecule has 0 spiro atoms. The number of likely N-dealkylation sites (tertiary alicyclic amines) is 1. The van der Waals surface area contributed by atoms with Gasteiger partial charge in [-0.3, -0.25) is 0 Å². The first-order valence-electron chi connectivity index (χ1n) is 9.87. The molecule has 8 nitrogen and oxygen atoms in total. The van der Waals surface area contributed by atoms with Gasteiger partial charge in [-0.05, 0) is 31.0 Å². The van der Waals surface area contributed by atoms with Crippen molar-refractivity contribution in [2.75, 3.05) is 26.2 Å². The zero-order chi connectivity index (χ0) is 22.5. The van der Waals surface area contributed by atoms with Crippen LogP contribution in [0.4, 0.5) is 0 Å². The Morgan fingerprint density at radius 1 is 1.00 bits per heavy atom. The van der Waals surface area contributed by atoms with E-state index in [2.05, 4.69) is 12.1 Å². The molecule has 1 saturated heterocycles. The Balaban J connectivity index is 0.000000274. The average Bonchev–Trinajstić information content (AvgIpc) is 3.37. The summed E-state index contributed by atoms with van der Waals surface area (Å²) < 4.78 is 1.18. The molecule has 0 radical (unpaired) electrons. The van der Waals surface area contributed by atoms with E-state index in [1.807, 2.05) is 6.07 Å². The van der Waals surface area contributed by atoms with E-state index in [-0.39, 0.29) is 0 Å². The first-order valence-corrected chi connectivity index (χ1v) is 10.6. The molecular weight excluding hydrogens is 435 g/mol. The summed E-state index contributed by atoms with van der Waals surface area (Å²) in [6.07, 6.45) is -0.458. The fourth-order valence-electron chi connectivity index (χ4n) is 3.96. The van der Waals surface area contributed by atoms with Crippen molar-refractivity contribution in [1.82, 2.24) is 0 Å². The summed E-state index contributed by atoms with van der Waals surface area (Å²) in [6.45, 7) is 5.65. The second kappa shape index (κ2) is 10.7. The van der Waals surface area contributed by atoms with Crippen molar-refractivity contribution in [2.45, 2.75) is 38.0 Å². The summed E-state index contributed by atoms with van der Waals surface area (Å²) in [5.74, 6) is -1.92. The van der Waals surface area contributed by atoms with Crippen molar-refractivity contribution in [3.63, 3.8) is 0 Å². The predicted octanol–water partition coefficient (Wildman–Crippen LogP) is 1.58. The molecule has 2 fully saturated rings. The average molecular weight is 464 g/mol. The van der Waals surface area contributed by atoms with E-state index in [0.717, 1.165) is 29.1 Å². The predicted molar refractivity (Wildman–Crippen MR) is 112 cm³/mol. The van der Waals surface area contributed by atoms with Crippen molar-refractivity contribution in [3.05, 3.63) is 33.8 Å². The van der Waals surface area contributed by atoms with Gasteiger partial charge in [0.2, 0.25) is 0 Å². The third-order valence-electron chi connectivity index (χ3n) is 5.58. The molecular formula is C20H29Cl2N2O6+. The highest BCUT2D eigenvalue weighted by Gasteiger charge is 2.42. The van der Waals surface area contributed by atoms with Crippen molar-refractivity contribution in [1.29, 1.82) is 0 Å². The molecule has 4 atom stereocenters. The van der Waals surface area contributed by atoms with Crippen LogP contribution in [-0.2, 0) is 16.1 Å². The topological polar surface area (TPSA) is 141 Å². The highest BCUT2D eigenvalue weighted by Crippen LogP contribution is 2.37. The van der Waals surface area contributed by atoms with Crippen LogP contribution in [0.5, 0.6) is 0 Å². The van der Waals surface area contributed by atoms with E-state index in [1.54, 1.807) is 0 Å². The first-order chi connectivity index (χ1) is 14.0. The van der Waals surface area contributed by atoms with Crippen LogP contribution in [0, 0.1) is 11.8 Å². The lowest BCUT2D eigenvalue weighted by atomic mass is 10.1. The molecule has 6 N–H and O–H groups in total. The van der Waals surface area contributed by atoms with Gasteiger partial charge in [0.25, 0.3) is 0 Å². The van der Waals surface area contributed by atoms with Crippen molar-refractivity contribution < 1.29 is 34.5 Å². The van der Waals surface area contributed by atoms with Gasteiger partial charge in [0.05, 0.1) is 19.6 Å². The van der Waals surface area contributed by atoms with Crippen LogP contribution in [0.25, 0.3) is 0 Å². The largest absolute Gasteiger partial charge is 0.479 e. The van der Waals surface area contributed by atoms with Crippen LogP contribution in [0.2, 0.25) is 10.0 Å². The third-order valence-corrected chi connectivity index (χ3v) is 6.01. The molecule has 1 aromatic rings. The highest BCUT2D eigenvalue weighted by atomic mass is 35.5. The molecule has 0 bridgehead atoms. The minimum absolute atomic E-state index is 0.684. The van der Waals surface area contributed by atoms with Gasteiger partial charge in [-0.25, -0.2) is 9.59 Å². The van der Waals surface area contributed by atoms with Gasteiger partial charge in [-0.1, -0.05) is 23.2 Å². The summed E-state index contributed by atoms with van der Waals surface area (Å²) >= 11 is 12.3. The molecule has 168 valence electrons. The standard InChI is InChI=1S/C16H23Cl2N2.C4H6O6/c17-15-5-14(6-16(18)7-15)11-20(9-12-1-2-12)4-3-13(8-19)10-20;5-1(3(7)8)2(6)4(9)10/h5-7,12-13H,1-4,8-11,19H2;1-2,5-6H,(H,7,8)(H,9,10)/q+1;/t13-,20?;/m1./s1. The van der Waals surface area contributed by atoms with Gasteiger partial charge in [0.1, 0.15) is 6.54 Å². The number of carboxylic acid groups (broad SMARTS) is 2. The fourth-order valence-corrected chi connectivity index (χ4v) is 4.53. The molecule has 1 aromatic carbocycles. The van der Waals surface area contributed by atoms with Crippen molar-refractivity contribution in [2.24, 2.45) is 17.6 Å². The minimum atomic E-state index is -2.27. The van der Waals surface area contributed by atoms with E-state index in [9.17, 15) is 9.59 Å². The second-order valence-corrected chi connectivity index (χ2v) is 9.14. The van der Waals surface area contributed by atoms with Crippen LogP contribution in [0.3, 0.4) is 0 Å². The lowest BCUT2D eigenvalue weighted by molar-refractivity contribution is -0.932. The number of aliphatic carboxylic acids is 2. The lowest BCUT2D eigenvalue weighted by Crippen LogP contribution is -2.47. The summed E-state index contributed by atoms with van der Waals surface area (Å²) in [4.78, 5) is 19.5. The number of hydrogen-bond acceptors (Lipinski definition) is 5. The maximum Gasteiger partial charge on any atom is 0.335 e. The van der Waals surface area contributed by atoms with Gasteiger partial charge in [-0.2, -0.15) is 0 Å². The second-order valence-electron chi connectivity index (χ2n) is 8.27. The van der Waals surface area contributed by atoms with Crippen LogP contribution in [-0.4, -0.2) is 75.2 Å². The Bertz CT molecular complexity index is 723. The normalized spacial score (nSPS) is 25.2. The molecule has 3 rings (SSSR count). The van der Waals surface area contributed by atoms with Crippen LogP contribution >= 0.6 is 23.2 Å². The fraction of sp³-hybridized carbons (Fsp3) is 0.600. The summed E-state index contributed by atoms with van der Waals surface area (Å²) in [5.41, 5.74) is 7.16. The molecule has 0 aromatic heterocycles. The molecule has 1 saturated carbocycles. The monoisotopic (exact) mass is 463 g/mol. The SMILES string of the molecule is NC[C@H]1CC[N+](Cc2cc(Cl)cc(Cl)c2)(CC2CC2)C1.O=C(O)C(O)C(O)C(=O)O. The van der Waals surface area contributed by atoms with Gasteiger partial charge >= 0.3 is 11.9 Å².